The van der Waals surface area contributed by atoms with Gasteiger partial charge >= 0.3 is 29.6 Å². The van der Waals surface area contributed by atoms with Crippen molar-refractivity contribution >= 4 is 41.3 Å². The van der Waals surface area contributed by atoms with Crippen LogP contribution >= 0.6 is 11.8 Å². The molecule has 0 heterocycles. The van der Waals surface area contributed by atoms with Crippen LogP contribution in [-0.4, -0.2) is 29.6 Å². The molecule has 2 rings (SSSR count). The molecule has 0 unspecified atom stereocenters. The van der Waals surface area contributed by atoms with Crippen LogP contribution in [0.5, 0.6) is 0 Å². The van der Waals surface area contributed by atoms with E-state index < -0.39 is 0 Å². The first-order valence-corrected chi connectivity index (χ1v) is 5.05. The van der Waals surface area contributed by atoms with E-state index in [4.69, 9.17) is 0 Å². The minimum Gasteiger partial charge on any atom is -0.0901 e. The van der Waals surface area contributed by atoms with Crippen molar-refractivity contribution in [2.45, 2.75) is 9.79 Å². The third kappa shape index (κ3) is 3.50. The molecule has 0 aromatic heterocycles. The van der Waals surface area contributed by atoms with Gasteiger partial charge in [-0.25, -0.2) is 0 Å². The topological polar surface area (TPSA) is 0 Å². The maximum Gasteiger partial charge on any atom is 0.0122 e. The van der Waals surface area contributed by atoms with Crippen molar-refractivity contribution in [1.82, 2.24) is 0 Å². The fourth-order valence-electron chi connectivity index (χ4n) is 1.11. The summed E-state index contributed by atoms with van der Waals surface area (Å²) in [7, 11) is 0. The Hall–Kier alpha value is -0.210. The maximum atomic E-state index is 2.12. The van der Waals surface area contributed by atoms with Gasteiger partial charge in [-0.3, -0.25) is 0 Å². The van der Waals surface area contributed by atoms with E-state index in [-0.39, 0.29) is 29.6 Å². The molecule has 2 aromatic rings. The molecule has 0 spiro atoms. The van der Waals surface area contributed by atoms with Crippen LogP contribution in [0.25, 0.3) is 0 Å². The molecular weight excluding hydrogens is 199 g/mol. The molecule has 0 atom stereocenters. The molecule has 0 saturated heterocycles. The Morgan fingerprint density at radius 2 is 0.929 bits per heavy atom. The zero-order valence-corrected chi connectivity index (χ0v) is 8.00. The molecule has 0 saturated carbocycles. The van der Waals surface area contributed by atoms with E-state index in [1.807, 2.05) is 12.1 Å². The van der Waals surface area contributed by atoms with Crippen LogP contribution in [0.4, 0.5) is 0 Å². The molecule has 0 aliphatic carbocycles. The summed E-state index contributed by atoms with van der Waals surface area (Å²) in [5.41, 5.74) is 0. The molecule has 0 aliphatic heterocycles. The van der Waals surface area contributed by atoms with Crippen LogP contribution in [-0.2, 0) is 0 Å². The van der Waals surface area contributed by atoms with Crippen molar-refractivity contribution in [2.24, 2.45) is 0 Å². The van der Waals surface area contributed by atoms with E-state index in [1.54, 1.807) is 11.8 Å². The average Bonchev–Trinajstić information content (AvgIpc) is 2.21. The van der Waals surface area contributed by atoms with Crippen LogP contribution in [0.1, 0.15) is 0 Å². The van der Waals surface area contributed by atoms with Crippen LogP contribution in [0.15, 0.2) is 70.5 Å². The molecule has 0 N–H and O–H groups in total. The molecule has 2 aromatic carbocycles. The first kappa shape index (κ1) is 11.9. The number of benzene rings is 2. The van der Waals surface area contributed by atoms with E-state index in [9.17, 15) is 0 Å². The predicted octanol–water partition coefficient (Wildman–Crippen LogP) is 3.19. The summed E-state index contributed by atoms with van der Waals surface area (Å²) in [6.07, 6.45) is 0. The molecule has 0 amide bonds. The third-order valence-electron chi connectivity index (χ3n) is 1.72. The molecule has 2 heteroatoms. The molecular formula is C12H11NaS. The van der Waals surface area contributed by atoms with Crippen molar-refractivity contribution in [1.29, 1.82) is 0 Å². The Kier molecular flexibility index (Phi) is 5.34. The summed E-state index contributed by atoms with van der Waals surface area (Å²) in [6, 6.07) is 20.8. The average molecular weight is 210 g/mol. The number of hydrogen-bond donors (Lipinski definition) is 0. The Morgan fingerprint density at radius 3 is 1.29 bits per heavy atom. The van der Waals surface area contributed by atoms with Gasteiger partial charge in [0.1, 0.15) is 0 Å². The second-order valence-corrected chi connectivity index (χ2v) is 3.88. The molecule has 14 heavy (non-hydrogen) atoms. The van der Waals surface area contributed by atoms with E-state index in [0.29, 0.717) is 0 Å². The van der Waals surface area contributed by atoms with Crippen molar-refractivity contribution in [2.75, 3.05) is 0 Å². The summed E-state index contributed by atoms with van der Waals surface area (Å²) in [5.74, 6) is 0. The second kappa shape index (κ2) is 6.31. The van der Waals surface area contributed by atoms with Gasteiger partial charge in [0.2, 0.25) is 0 Å². The Morgan fingerprint density at radius 1 is 0.571 bits per heavy atom. The van der Waals surface area contributed by atoms with Gasteiger partial charge in [0, 0.05) is 9.79 Å². The van der Waals surface area contributed by atoms with Crippen LogP contribution < -0.4 is 0 Å². The summed E-state index contributed by atoms with van der Waals surface area (Å²) < 4.78 is 0. The Labute approximate surface area is 111 Å². The molecule has 0 fully saturated rings. The van der Waals surface area contributed by atoms with Gasteiger partial charge in [-0.2, -0.15) is 0 Å². The van der Waals surface area contributed by atoms with Crippen molar-refractivity contribution in [3.05, 3.63) is 60.7 Å². The van der Waals surface area contributed by atoms with Crippen LogP contribution in [0, 0.1) is 0 Å². The zero-order valence-electron chi connectivity index (χ0n) is 7.18. The van der Waals surface area contributed by atoms with E-state index >= 15 is 0 Å². The first-order chi connectivity index (χ1) is 6.45. The summed E-state index contributed by atoms with van der Waals surface area (Å²) in [4.78, 5) is 2.57. The van der Waals surface area contributed by atoms with Gasteiger partial charge in [-0.1, -0.05) is 48.2 Å². The first-order valence-electron chi connectivity index (χ1n) is 4.23. The SMILES string of the molecule is [NaH].c1ccc(Sc2ccccc2)cc1. The fraction of sp³-hybridized carbons (Fsp3) is 0. The minimum absolute atomic E-state index is 0. The molecule has 0 aliphatic rings. The van der Waals surface area contributed by atoms with Crippen molar-refractivity contribution in [3.8, 4) is 0 Å². The predicted molar refractivity (Wildman–Crippen MR) is 64.2 cm³/mol. The second-order valence-electron chi connectivity index (χ2n) is 2.73. The number of hydrogen-bond acceptors (Lipinski definition) is 1. The van der Waals surface area contributed by atoms with Crippen LogP contribution in [0.2, 0.25) is 0 Å². The standard InChI is InChI=1S/C12H10S.Na.H/c1-3-7-11(8-4-1)13-12-9-5-2-6-10-12;;/h1-10H;;. The van der Waals surface area contributed by atoms with Gasteiger partial charge < -0.3 is 0 Å². The van der Waals surface area contributed by atoms with Gasteiger partial charge in [0.15, 0.2) is 0 Å². The summed E-state index contributed by atoms with van der Waals surface area (Å²) in [5, 5.41) is 0. The molecule has 66 valence electrons. The van der Waals surface area contributed by atoms with Gasteiger partial charge in [-0.05, 0) is 24.3 Å². The fourth-order valence-corrected chi connectivity index (χ4v) is 1.97. The molecule has 0 bridgehead atoms. The minimum atomic E-state index is 0. The summed E-state index contributed by atoms with van der Waals surface area (Å²) in [6.45, 7) is 0. The van der Waals surface area contributed by atoms with E-state index in [2.05, 4.69) is 48.5 Å². The van der Waals surface area contributed by atoms with Gasteiger partial charge in [-0.15, -0.1) is 0 Å². The Bertz CT molecular complexity index is 321. The Balaban J connectivity index is 0.000000980. The van der Waals surface area contributed by atoms with Crippen LogP contribution in [0.3, 0.4) is 0 Å². The van der Waals surface area contributed by atoms with E-state index in [1.165, 1.54) is 9.79 Å². The summed E-state index contributed by atoms with van der Waals surface area (Å²) >= 11 is 1.79. The third-order valence-corrected chi connectivity index (χ3v) is 2.74. The van der Waals surface area contributed by atoms with Gasteiger partial charge in [0.25, 0.3) is 0 Å². The smallest absolute Gasteiger partial charge is 0.0122 e. The largest absolute Gasteiger partial charge is 0.0901 e. The van der Waals surface area contributed by atoms with Crippen molar-refractivity contribution in [3.63, 3.8) is 0 Å². The van der Waals surface area contributed by atoms with Gasteiger partial charge in [0.05, 0.1) is 0 Å². The molecule has 0 radical (unpaired) electrons. The number of rotatable bonds is 2. The molecule has 0 nitrogen and oxygen atoms in total. The van der Waals surface area contributed by atoms with E-state index in [0.717, 1.165) is 0 Å². The normalized spacial score (nSPS) is 9.14. The monoisotopic (exact) mass is 210 g/mol. The quantitative estimate of drug-likeness (QED) is 0.686. The maximum absolute atomic E-state index is 2.12. The zero-order chi connectivity index (χ0) is 8.93. The van der Waals surface area contributed by atoms with Crippen molar-refractivity contribution < 1.29 is 0 Å².